The van der Waals surface area contributed by atoms with Crippen molar-refractivity contribution in [1.82, 2.24) is 4.98 Å². The summed E-state index contributed by atoms with van der Waals surface area (Å²) in [5.74, 6) is -0.313. The van der Waals surface area contributed by atoms with E-state index in [1.165, 1.54) is 11.3 Å². The topological polar surface area (TPSA) is 73.7 Å². The predicted molar refractivity (Wildman–Crippen MR) is 72.6 cm³/mol. The van der Waals surface area contributed by atoms with Crippen LogP contribution in [0.3, 0.4) is 0 Å². The number of carboxylic acid groups (broad SMARTS) is 1. The molecule has 1 aliphatic rings. The molecule has 0 aliphatic heterocycles. The van der Waals surface area contributed by atoms with Crippen LogP contribution < -0.4 is 5.06 Å². The monoisotopic (exact) mass is 278 g/mol. The molecule has 2 unspecified atom stereocenters. The van der Waals surface area contributed by atoms with Gasteiger partial charge in [-0.15, -0.1) is 0 Å². The number of hydrogen-bond donors (Lipinski definition) is 2. The molecule has 1 aliphatic carbocycles. The number of aromatic nitrogens is 1. The molecule has 1 aromatic heterocycles. The van der Waals surface area contributed by atoms with Gasteiger partial charge in [-0.2, -0.15) is 0 Å². The van der Waals surface area contributed by atoms with Gasteiger partial charge in [-0.25, -0.2) is 10.0 Å². The molecule has 1 heterocycles. The largest absolute Gasteiger partial charge is 0.481 e. The molecule has 0 amide bonds. The smallest absolute Gasteiger partial charge is 0.303 e. The van der Waals surface area contributed by atoms with Crippen LogP contribution in [-0.4, -0.2) is 27.8 Å². The number of aliphatic carboxylic acids is 1. The highest BCUT2D eigenvalue weighted by Gasteiger charge is 2.39. The number of benzene rings is 1. The Balaban J connectivity index is 1.64. The van der Waals surface area contributed by atoms with Crippen molar-refractivity contribution in [2.24, 2.45) is 11.8 Å². The maximum atomic E-state index is 10.6. The van der Waals surface area contributed by atoms with E-state index in [4.69, 9.17) is 5.11 Å². The molecule has 0 spiro atoms. The minimum absolute atomic E-state index is 0.193. The number of fused-ring (bicyclic) bond motifs is 1. The Morgan fingerprint density at radius 3 is 2.95 bits per heavy atom. The molecular formula is C13H14N2O3S. The number of carbonyl (C=O) groups is 1. The number of hydroxylamine groups is 1. The van der Waals surface area contributed by atoms with E-state index in [2.05, 4.69) is 4.98 Å². The number of rotatable bonds is 5. The molecular weight excluding hydrogens is 264 g/mol. The van der Waals surface area contributed by atoms with Crippen LogP contribution >= 0.6 is 11.3 Å². The highest BCUT2D eigenvalue weighted by atomic mass is 32.1. The van der Waals surface area contributed by atoms with Crippen LogP contribution in [0.4, 0.5) is 5.13 Å². The lowest BCUT2D eigenvalue weighted by Crippen LogP contribution is -2.21. The fourth-order valence-electron chi connectivity index (χ4n) is 2.28. The van der Waals surface area contributed by atoms with Crippen LogP contribution in [0.1, 0.15) is 12.8 Å². The van der Waals surface area contributed by atoms with Gasteiger partial charge >= 0.3 is 5.97 Å². The van der Waals surface area contributed by atoms with Crippen molar-refractivity contribution in [2.45, 2.75) is 12.8 Å². The lowest BCUT2D eigenvalue weighted by molar-refractivity contribution is -0.137. The zero-order valence-corrected chi connectivity index (χ0v) is 11.0. The van der Waals surface area contributed by atoms with Crippen LogP contribution in [0, 0.1) is 11.8 Å². The Hall–Kier alpha value is -1.66. The third-order valence-corrected chi connectivity index (χ3v) is 4.47. The first-order chi connectivity index (χ1) is 9.13. The average molecular weight is 278 g/mol. The lowest BCUT2D eigenvalue weighted by Gasteiger charge is -2.12. The van der Waals surface area contributed by atoms with Gasteiger partial charge in [0.15, 0.2) is 0 Å². The summed E-state index contributed by atoms with van der Waals surface area (Å²) in [7, 11) is 0. The summed E-state index contributed by atoms with van der Waals surface area (Å²) in [6.07, 6.45) is 1.06. The van der Waals surface area contributed by atoms with E-state index in [1.54, 1.807) is 0 Å². The van der Waals surface area contributed by atoms with Crippen molar-refractivity contribution in [3.63, 3.8) is 0 Å². The first-order valence-corrected chi connectivity index (χ1v) is 6.99. The fourth-order valence-corrected chi connectivity index (χ4v) is 3.16. The number of thiazole rings is 1. The molecule has 0 bridgehead atoms. The van der Waals surface area contributed by atoms with Crippen molar-refractivity contribution in [1.29, 1.82) is 0 Å². The molecule has 1 aromatic carbocycles. The van der Waals surface area contributed by atoms with Gasteiger partial charge in [-0.1, -0.05) is 23.5 Å². The van der Waals surface area contributed by atoms with E-state index in [0.717, 1.165) is 21.7 Å². The number of hydrogen-bond acceptors (Lipinski definition) is 5. The first-order valence-electron chi connectivity index (χ1n) is 6.17. The molecule has 2 aromatic rings. The highest BCUT2D eigenvalue weighted by molar-refractivity contribution is 7.22. The molecule has 3 rings (SSSR count). The van der Waals surface area contributed by atoms with E-state index < -0.39 is 5.97 Å². The first kappa shape index (κ1) is 12.4. The summed E-state index contributed by atoms with van der Waals surface area (Å²) in [6, 6.07) is 7.73. The number of anilines is 1. The quantitative estimate of drug-likeness (QED) is 0.822. The van der Waals surface area contributed by atoms with E-state index in [0.29, 0.717) is 11.7 Å². The second kappa shape index (κ2) is 4.79. The molecule has 5 nitrogen and oxygen atoms in total. The standard InChI is InChI=1S/C13H14N2O3S/c16-12(17)6-8-5-9(8)7-15(18)13-14-10-3-1-2-4-11(10)19-13/h1-4,8-9,18H,5-7H2,(H,16,17). The van der Waals surface area contributed by atoms with Gasteiger partial charge in [0.05, 0.1) is 16.8 Å². The van der Waals surface area contributed by atoms with Gasteiger partial charge in [-0.05, 0) is 30.4 Å². The number of carboxylic acids is 1. The minimum atomic E-state index is -0.767. The zero-order chi connectivity index (χ0) is 13.4. The molecule has 1 saturated carbocycles. The molecule has 2 N–H and O–H groups in total. The molecule has 0 radical (unpaired) electrons. The molecule has 1 fully saturated rings. The molecule has 19 heavy (non-hydrogen) atoms. The third kappa shape index (κ3) is 2.69. The Labute approximate surface area is 114 Å². The fraction of sp³-hybridized carbons (Fsp3) is 0.385. The molecule has 2 atom stereocenters. The van der Waals surface area contributed by atoms with E-state index >= 15 is 0 Å². The van der Waals surface area contributed by atoms with Crippen LogP contribution in [0.15, 0.2) is 24.3 Å². The van der Waals surface area contributed by atoms with E-state index in [-0.39, 0.29) is 18.3 Å². The van der Waals surface area contributed by atoms with E-state index in [9.17, 15) is 10.0 Å². The van der Waals surface area contributed by atoms with Crippen molar-refractivity contribution in [3.05, 3.63) is 24.3 Å². The van der Waals surface area contributed by atoms with Crippen molar-refractivity contribution < 1.29 is 15.1 Å². The van der Waals surface area contributed by atoms with Crippen molar-refractivity contribution in [3.8, 4) is 0 Å². The molecule has 6 heteroatoms. The Bertz CT molecular complexity index is 580. The second-order valence-electron chi connectivity index (χ2n) is 4.90. The normalized spacial score (nSPS) is 21.5. The summed E-state index contributed by atoms with van der Waals surface area (Å²) >= 11 is 1.44. The Kier molecular flexibility index (Phi) is 3.12. The van der Waals surface area contributed by atoms with E-state index in [1.807, 2.05) is 24.3 Å². The van der Waals surface area contributed by atoms with Crippen LogP contribution in [-0.2, 0) is 4.79 Å². The Morgan fingerprint density at radius 2 is 2.21 bits per heavy atom. The molecule has 100 valence electrons. The van der Waals surface area contributed by atoms with Gasteiger partial charge in [0, 0.05) is 6.42 Å². The van der Waals surface area contributed by atoms with Gasteiger partial charge in [-0.3, -0.25) is 10.0 Å². The van der Waals surface area contributed by atoms with Crippen molar-refractivity contribution >= 4 is 32.7 Å². The average Bonchev–Trinajstić information content (AvgIpc) is 2.92. The lowest BCUT2D eigenvalue weighted by atomic mass is 10.2. The third-order valence-electron chi connectivity index (χ3n) is 3.42. The summed E-state index contributed by atoms with van der Waals surface area (Å²) < 4.78 is 1.04. The summed E-state index contributed by atoms with van der Waals surface area (Å²) in [4.78, 5) is 14.9. The number of para-hydroxylation sites is 1. The molecule has 0 saturated heterocycles. The highest BCUT2D eigenvalue weighted by Crippen LogP contribution is 2.42. The minimum Gasteiger partial charge on any atom is -0.481 e. The number of nitrogens with zero attached hydrogens (tertiary/aromatic N) is 2. The summed E-state index contributed by atoms with van der Waals surface area (Å²) in [6.45, 7) is 0.456. The Morgan fingerprint density at radius 1 is 1.42 bits per heavy atom. The van der Waals surface area contributed by atoms with Gasteiger partial charge < -0.3 is 5.11 Å². The van der Waals surface area contributed by atoms with Gasteiger partial charge in [0.1, 0.15) is 0 Å². The second-order valence-corrected chi connectivity index (χ2v) is 5.91. The zero-order valence-electron chi connectivity index (χ0n) is 10.2. The summed E-state index contributed by atoms with van der Waals surface area (Å²) in [5.41, 5.74) is 0.874. The van der Waals surface area contributed by atoms with Crippen LogP contribution in [0.25, 0.3) is 10.2 Å². The van der Waals surface area contributed by atoms with Crippen molar-refractivity contribution in [2.75, 3.05) is 11.6 Å². The van der Waals surface area contributed by atoms with Crippen LogP contribution in [0.5, 0.6) is 0 Å². The predicted octanol–water partition coefficient (Wildman–Crippen LogP) is 2.60. The van der Waals surface area contributed by atoms with Gasteiger partial charge in [0.25, 0.3) is 0 Å². The maximum Gasteiger partial charge on any atom is 0.303 e. The SMILES string of the molecule is O=C(O)CC1CC1CN(O)c1nc2ccccc2s1. The van der Waals surface area contributed by atoms with Crippen LogP contribution in [0.2, 0.25) is 0 Å². The summed E-state index contributed by atoms with van der Waals surface area (Å²) in [5, 5.41) is 20.4. The van der Waals surface area contributed by atoms with Gasteiger partial charge in [0.2, 0.25) is 5.13 Å². The maximum absolute atomic E-state index is 10.6.